The average Bonchev–Trinajstić information content (AvgIpc) is 2.72. The van der Waals surface area contributed by atoms with Gasteiger partial charge in [-0.2, -0.15) is 0 Å². The number of ether oxygens (including phenoxy) is 1. The summed E-state index contributed by atoms with van der Waals surface area (Å²) in [4.78, 5) is 22.0. The fourth-order valence-corrected chi connectivity index (χ4v) is 2.91. The van der Waals surface area contributed by atoms with Crippen LogP contribution in [-0.4, -0.2) is 54.6 Å². The van der Waals surface area contributed by atoms with Gasteiger partial charge < -0.3 is 4.74 Å². The van der Waals surface area contributed by atoms with Crippen molar-refractivity contribution < 1.29 is 9.53 Å². The monoisotopic (exact) mass is 243 g/mol. The molecule has 2 bridgehead atoms. The highest BCUT2D eigenvalue weighted by Crippen LogP contribution is 2.29. The summed E-state index contributed by atoms with van der Waals surface area (Å²) in [6.07, 6.45) is 7.38. The Morgan fingerprint density at radius 3 is 2.89 bits per heavy atom. The van der Waals surface area contributed by atoms with Crippen LogP contribution in [0.3, 0.4) is 0 Å². The molecule has 3 saturated heterocycles. The summed E-state index contributed by atoms with van der Waals surface area (Å²) >= 11 is 0. The molecular weight excluding hydrogens is 230 g/mol. The summed E-state index contributed by atoms with van der Waals surface area (Å²) in [5.74, 6) is -0.233. The third kappa shape index (κ3) is 1.59. The smallest absolute Gasteiger partial charge is 0.296 e. The van der Waals surface area contributed by atoms with Gasteiger partial charge in [0.2, 0.25) is 0 Å². The van der Waals surface area contributed by atoms with Gasteiger partial charge in [-0.3, -0.25) is 9.69 Å². The molecule has 5 heterocycles. The Bertz CT molecular complexity index is 528. The highest BCUT2D eigenvalue weighted by Gasteiger charge is 2.38. The molecule has 5 rings (SSSR count). The molecule has 2 atom stereocenters. The third-order valence-corrected chi connectivity index (χ3v) is 3.72. The van der Waals surface area contributed by atoms with E-state index < -0.39 is 0 Å². The third-order valence-electron chi connectivity index (χ3n) is 3.72. The van der Waals surface area contributed by atoms with E-state index in [1.165, 1.54) is 6.42 Å². The lowest BCUT2D eigenvalue weighted by atomic mass is 9.99. The molecular formula is C13H13N3O2. The topological polar surface area (TPSA) is 54.3 Å². The number of amides is 1. The van der Waals surface area contributed by atoms with Crippen LogP contribution < -0.4 is 0 Å². The number of hydrogen-bond donors (Lipinski definition) is 0. The van der Waals surface area contributed by atoms with Crippen LogP contribution in [0.1, 0.15) is 6.42 Å². The van der Waals surface area contributed by atoms with E-state index in [1.54, 1.807) is 6.21 Å². The average molecular weight is 243 g/mol. The molecule has 5 nitrogen and oxygen atoms in total. The summed E-state index contributed by atoms with van der Waals surface area (Å²) in [5, 5.41) is 0. The molecule has 5 heteroatoms. The second kappa shape index (κ2) is 3.70. The van der Waals surface area contributed by atoms with Gasteiger partial charge >= 0.3 is 0 Å². The summed E-state index contributed by atoms with van der Waals surface area (Å²) in [6, 6.07) is 0. The number of morpholine rings is 1. The first-order valence-corrected chi connectivity index (χ1v) is 6.24. The number of nitrogens with zero attached hydrogens (tertiary/aromatic N) is 3. The first-order chi connectivity index (χ1) is 8.78. The van der Waals surface area contributed by atoms with E-state index in [4.69, 9.17) is 4.74 Å². The van der Waals surface area contributed by atoms with Crippen LogP contribution in [0, 0.1) is 0 Å². The maximum atomic E-state index is 11.5. The lowest BCUT2D eigenvalue weighted by Gasteiger charge is -2.47. The molecule has 2 unspecified atom stereocenters. The molecule has 5 aliphatic heterocycles. The Morgan fingerprint density at radius 2 is 2.17 bits per heavy atom. The second-order valence-electron chi connectivity index (χ2n) is 5.11. The van der Waals surface area contributed by atoms with Crippen molar-refractivity contribution in [1.82, 2.24) is 4.90 Å². The van der Waals surface area contributed by atoms with Gasteiger partial charge in [0.25, 0.3) is 5.91 Å². The van der Waals surface area contributed by atoms with Crippen molar-refractivity contribution >= 4 is 17.8 Å². The fraction of sp³-hybridized carbons (Fsp3) is 0.462. The van der Waals surface area contributed by atoms with Crippen molar-refractivity contribution in [2.24, 2.45) is 9.98 Å². The molecule has 0 saturated carbocycles. The molecule has 1 amide bonds. The van der Waals surface area contributed by atoms with E-state index in [-0.39, 0.29) is 5.91 Å². The van der Waals surface area contributed by atoms with Gasteiger partial charge in [0, 0.05) is 37.8 Å². The number of fused-ring (bicyclic) bond motifs is 3. The van der Waals surface area contributed by atoms with Gasteiger partial charge in [-0.05, 0) is 12.2 Å². The number of allylic oxidation sites excluding steroid dienone is 2. The maximum Gasteiger partial charge on any atom is 0.296 e. The number of dihydropyridines is 1. The Morgan fingerprint density at radius 1 is 1.39 bits per heavy atom. The van der Waals surface area contributed by atoms with Gasteiger partial charge in [-0.15, -0.1) is 0 Å². The van der Waals surface area contributed by atoms with E-state index in [0.717, 1.165) is 30.9 Å². The first kappa shape index (κ1) is 10.3. The summed E-state index contributed by atoms with van der Waals surface area (Å²) < 4.78 is 5.60. The van der Waals surface area contributed by atoms with Gasteiger partial charge in [0.1, 0.15) is 5.71 Å². The molecule has 18 heavy (non-hydrogen) atoms. The molecule has 0 aromatic carbocycles. The van der Waals surface area contributed by atoms with Crippen LogP contribution in [0.5, 0.6) is 0 Å². The SMILES string of the molecule is O=C1N=CC=C2C=C(CN3CC4CC(C3)O4)N=C12. The Kier molecular flexibility index (Phi) is 2.13. The quantitative estimate of drug-likeness (QED) is 0.702. The standard InChI is InChI=1S/C13H13N3O2/c17-13-12-8(1-2-14-13)3-9(15-12)5-16-6-10-4-11(7-16)18-10/h1-3,10-11H,4-7H2. The van der Waals surface area contributed by atoms with Crippen molar-refractivity contribution in [3.05, 3.63) is 23.4 Å². The largest absolute Gasteiger partial charge is 0.372 e. The molecule has 0 radical (unpaired) electrons. The zero-order valence-electron chi connectivity index (χ0n) is 9.87. The van der Waals surface area contributed by atoms with Gasteiger partial charge in [0.15, 0.2) is 0 Å². The first-order valence-electron chi connectivity index (χ1n) is 6.24. The molecule has 0 aromatic heterocycles. The molecule has 0 aromatic rings. The van der Waals surface area contributed by atoms with Gasteiger partial charge in [-0.1, -0.05) is 0 Å². The highest BCUT2D eigenvalue weighted by molar-refractivity contribution is 6.49. The molecule has 92 valence electrons. The van der Waals surface area contributed by atoms with E-state index in [0.29, 0.717) is 17.9 Å². The summed E-state index contributed by atoms with van der Waals surface area (Å²) in [6.45, 7) is 2.74. The highest BCUT2D eigenvalue weighted by atomic mass is 16.5. The molecule has 5 aliphatic rings. The van der Waals surface area contributed by atoms with E-state index in [1.807, 2.05) is 12.2 Å². The van der Waals surface area contributed by atoms with Crippen LogP contribution in [0.2, 0.25) is 0 Å². The van der Waals surface area contributed by atoms with Crippen LogP contribution in [0.4, 0.5) is 0 Å². The Labute approximate surface area is 105 Å². The number of carbonyl (C=O) groups is 1. The predicted molar refractivity (Wildman–Crippen MR) is 66.8 cm³/mol. The number of piperidine rings is 1. The van der Waals surface area contributed by atoms with Crippen molar-refractivity contribution in [3.8, 4) is 0 Å². The predicted octanol–water partition coefficient (Wildman–Crippen LogP) is 0.335. The van der Waals surface area contributed by atoms with Crippen LogP contribution in [0.25, 0.3) is 0 Å². The van der Waals surface area contributed by atoms with Crippen molar-refractivity contribution in [2.75, 3.05) is 19.6 Å². The van der Waals surface area contributed by atoms with Crippen LogP contribution >= 0.6 is 0 Å². The second-order valence-corrected chi connectivity index (χ2v) is 5.11. The number of aliphatic imine (C=N–C) groups is 2. The molecule has 0 spiro atoms. The Hall–Kier alpha value is -1.59. The van der Waals surface area contributed by atoms with Crippen molar-refractivity contribution in [2.45, 2.75) is 18.6 Å². The van der Waals surface area contributed by atoms with Gasteiger partial charge in [-0.25, -0.2) is 9.98 Å². The normalized spacial score (nSPS) is 33.6. The molecule has 3 fully saturated rings. The van der Waals surface area contributed by atoms with Crippen molar-refractivity contribution in [3.63, 3.8) is 0 Å². The molecule has 0 aliphatic carbocycles. The minimum atomic E-state index is -0.233. The molecule has 0 N–H and O–H groups in total. The number of hydrogen-bond acceptors (Lipinski definition) is 4. The summed E-state index contributed by atoms with van der Waals surface area (Å²) in [7, 11) is 0. The minimum absolute atomic E-state index is 0.233. The number of rotatable bonds is 2. The zero-order valence-corrected chi connectivity index (χ0v) is 9.87. The van der Waals surface area contributed by atoms with Crippen LogP contribution in [-0.2, 0) is 9.53 Å². The Balaban J connectivity index is 1.49. The van der Waals surface area contributed by atoms with Gasteiger partial charge in [0.05, 0.1) is 17.9 Å². The van der Waals surface area contributed by atoms with Crippen molar-refractivity contribution in [1.29, 1.82) is 0 Å². The maximum absolute atomic E-state index is 11.5. The van der Waals surface area contributed by atoms with E-state index in [9.17, 15) is 4.79 Å². The zero-order chi connectivity index (χ0) is 12.1. The number of carbonyl (C=O) groups excluding carboxylic acids is 1. The van der Waals surface area contributed by atoms with E-state index in [2.05, 4.69) is 14.9 Å². The summed E-state index contributed by atoms with van der Waals surface area (Å²) in [5.41, 5.74) is 2.34. The lowest BCUT2D eigenvalue weighted by molar-refractivity contribution is -0.179. The van der Waals surface area contributed by atoms with E-state index >= 15 is 0 Å². The fourth-order valence-electron chi connectivity index (χ4n) is 2.91. The lowest BCUT2D eigenvalue weighted by Crippen LogP contribution is -2.57. The van der Waals surface area contributed by atoms with Crippen LogP contribution in [0.15, 0.2) is 33.4 Å². The minimum Gasteiger partial charge on any atom is -0.372 e.